The van der Waals surface area contributed by atoms with E-state index in [9.17, 15) is 9.59 Å². The van der Waals surface area contributed by atoms with Gasteiger partial charge in [-0.05, 0) is 44.2 Å². The van der Waals surface area contributed by atoms with Gasteiger partial charge >= 0.3 is 0 Å². The van der Waals surface area contributed by atoms with Crippen molar-refractivity contribution < 1.29 is 9.59 Å². The maximum Gasteiger partial charge on any atom is 0.242 e. The van der Waals surface area contributed by atoms with E-state index in [1.54, 1.807) is 4.90 Å². The molecule has 0 saturated carbocycles. The van der Waals surface area contributed by atoms with Gasteiger partial charge in [-0.1, -0.05) is 35.9 Å². The summed E-state index contributed by atoms with van der Waals surface area (Å²) in [7, 11) is 0. The summed E-state index contributed by atoms with van der Waals surface area (Å²) < 4.78 is 1.85. The molecular weight excluding hydrogens is 438 g/mol. The van der Waals surface area contributed by atoms with E-state index in [2.05, 4.69) is 15.3 Å². The van der Waals surface area contributed by atoms with Gasteiger partial charge < -0.3 is 15.1 Å². The molecule has 3 aromatic rings. The van der Waals surface area contributed by atoms with Crippen LogP contribution in [0.4, 0.5) is 5.69 Å². The zero-order valence-corrected chi connectivity index (χ0v) is 19.7. The SMILES string of the molecule is Cc1nn(-c2ccccc2)c(C)c1CC(=O)NCC(=O)N1CCN(c2cccc(Cl)c2)CC1. The van der Waals surface area contributed by atoms with Crippen LogP contribution in [0.1, 0.15) is 17.0 Å². The van der Waals surface area contributed by atoms with Crippen molar-refractivity contribution in [1.29, 1.82) is 0 Å². The van der Waals surface area contributed by atoms with Crippen LogP contribution in [0.15, 0.2) is 54.6 Å². The molecule has 8 heteroatoms. The fraction of sp³-hybridized carbons (Fsp3) is 0.320. The number of benzene rings is 2. The fourth-order valence-electron chi connectivity index (χ4n) is 4.15. The van der Waals surface area contributed by atoms with Gasteiger partial charge in [0.05, 0.1) is 24.3 Å². The summed E-state index contributed by atoms with van der Waals surface area (Å²) in [5.74, 6) is -0.248. The van der Waals surface area contributed by atoms with Crippen molar-refractivity contribution in [3.8, 4) is 5.69 Å². The molecule has 1 fully saturated rings. The van der Waals surface area contributed by atoms with Gasteiger partial charge in [-0.25, -0.2) is 4.68 Å². The van der Waals surface area contributed by atoms with Gasteiger partial charge in [-0.15, -0.1) is 0 Å². The van der Waals surface area contributed by atoms with Crippen LogP contribution < -0.4 is 10.2 Å². The Morgan fingerprint density at radius 1 is 0.970 bits per heavy atom. The van der Waals surface area contributed by atoms with Crippen LogP contribution in [0.5, 0.6) is 0 Å². The Bertz CT molecular complexity index is 1140. The Kier molecular flexibility index (Phi) is 6.99. The maximum absolute atomic E-state index is 12.6. The number of rotatable bonds is 6. The first-order valence-electron chi connectivity index (χ1n) is 11.1. The Hall–Kier alpha value is -3.32. The summed E-state index contributed by atoms with van der Waals surface area (Å²) in [5.41, 5.74) is 4.65. The van der Waals surface area contributed by atoms with Crippen molar-refractivity contribution in [2.45, 2.75) is 20.3 Å². The highest BCUT2D eigenvalue weighted by Crippen LogP contribution is 2.21. The van der Waals surface area contributed by atoms with Crippen molar-refractivity contribution in [3.63, 3.8) is 0 Å². The molecule has 0 aliphatic carbocycles. The number of amides is 2. The van der Waals surface area contributed by atoms with E-state index in [1.807, 2.05) is 73.1 Å². The number of hydrogen-bond donors (Lipinski definition) is 1. The Morgan fingerprint density at radius 3 is 2.36 bits per heavy atom. The lowest BCUT2D eigenvalue weighted by molar-refractivity contribution is -0.133. The first kappa shape index (κ1) is 22.9. The molecule has 0 bridgehead atoms. The van der Waals surface area contributed by atoms with Crippen molar-refractivity contribution in [1.82, 2.24) is 20.0 Å². The maximum atomic E-state index is 12.6. The average molecular weight is 466 g/mol. The highest BCUT2D eigenvalue weighted by atomic mass is 35.5. The van der Waals surface area contributed by atoms with E-state index in [0.717, 1.165) is 41.4 Å². The molecule has 4 rings (SSSR count). The smallest absolute Gasteiger partial charge is 0.242 e. The molecule has 1 N–H and O–H groups in total. The molecule has 1 aromatic heterocycles. The van der Waals surface area contributed by atoms with E-state index in [4.69, 9.17) is 11.6 Å². The van der Waals surface area contributed by atoms with Crippen LogP contribution in [0.3, 0.4) is 0 Å². The van der Waals surface area contributed by atoms with Gasteiger partial charge in [0, 0.05) is 48.1 Å². The minimum absolute atomic E-state index is 0.000909. The standard InChI is InChI=1S/C25H28ClN5O2/c1-18-23(19(2)31(28-18)21-8-4-3-5-9-21)16-24(32)27-17-25(33)30-13-11-29(12-14-30)22-10-6-7-20(26)15-22/h3-10,15H,11-14,16-17H2,1-2H3,(H,27,32). The minimum atomic E-state index is -0.181. The molecule has 33 heavy (non-hydrogen) atoms. The third-order valence-corrected chi connectivity index (χ3v) is 6.26. The second-order valence-electron chi connectivity index (χ2n) is 8.20. The number of nitrogens with zero attached hydrogens (tertiary/aromatic N) is 4. The molecule has 1 aliphatic rings. The van der Waals surface area contributed by atoms with E-state index in [1.165, 1.54) is 0 Å². The Morgan fingerprint density at radius 2 is 1.67 bits per heavy atom. The lowest BCUT2D eigenvalue weighted by Gasteiger charge is -2.36. The highest BCUT2D eigenvalue weighted by Gasteiger charge is 2.22. The summed E-state index contributed by atoms with van der Waals surface area (Å²) in [6.45, 7) is 6.56. The van der Waals surface area contributed by atoms with Crippen LogP contribution in [0.25, 0.3) is 5.69 Å². The fourth-order valence-corrected chi connectivity index (χ4v) is 4.33. The van der Waals surface area contributed by atoms with Crippen LogP contribution in [-0.2, 0) is 16.0 Å². The van der Waals surface area contributed by atoms with Crippen molar-refractivity contribution in [3.05, 3.63) is 76.6 Å². The molecule has 1 saturated heterocycles. The molecule has 2 aromatic carbocycles. The molecule has 0 unspecified atom stereocenters. The highest BCUT2D eigenvalue weighted by molar-refractivity contribution is 6.30. The zero-order valence-electron chi connectivity index (χ0n) is 18.9. The van der Waals surface area contributed by atoms with Gasteiger partial charge in [0.15, 0.2) is 0 Å². The van der Waals surface area contributed by atoms with E-state index in [-0.39, 0.29) is 24.8 Å². The van der Waals surface area contributed by atoms with Crippen molar-refractivity contribution in [2.24, 2.45) is 0 Å². The first-order chi connectivity index (χ1) is 15.9. The number of halogens is 1. The molecular formula is C25H28ClN5O2. The summed E-state index contributed by atoms with van der Waals surface area (Å²) in [6, 6.07) is 17.6. The molecule has 0 radical (unpaired) electrons. The molecule has 172 valence electrons. The van der Waals surface area contributed by atoms with Gasteiger partial charge in [0.25, 0.3) is 0 Å². The first-order valence-corrected chi connectivity index (χ1v) is 11.5. The Balaban J connectivity index is 1.28. The normalized spacial score (nSPS) is 13.8. The third-order valence-electron chi connectivity index (χ3n) is 6.02. The van der Waals surface area contributed by atoms with E-state index < -0.39 is 0 Å². The molecule has 2 amide bonds. The topological polar surface area (TPSA) is 70.5 Å². The lowest BCUT2D eigenvalue weighted by atomic mass is 10.1. The van der Waals surface area contributed by atoms with Crippen LogP contribution in [-0.4, -0.2) is 59.2 Å². The number of hydrogen-bond acceptors (Lipinski definition) is 4. The van der Waals surface area contributed by atoms with Crippen LogP contribution in [0, 0.1) is 13.8 Å². The number of carbonyl (C=O) groups excluding carboxylic acids is 2. The number of para-hydroxylation sites is 1. The van der Waals surface area contributed by atoms with E-state index in [0.29, 0.717) is 18.1 Å². The number of aryl methyl sites for hydroxylation is 1. The van der Waals surface area contributed by atoms with Gasteiger partial charge in [0.2, 0.25) is 11.8 Å². The minimum Gasteiger partial charge on any atom is -0.368 e. The van der Waals surface area contributed by atoms with Crippen molar-refractivity contribution >= 4 is 29.1 Å². The van der Waals surface area contributed by atoms with Crippen molar-refractivity contribution in [2.75, 3.05) is 37.6 Å². The summed E-state index contributed by atoms with van der Waals surface area (Å²) >= 11 is 6.09. The summed E-state index contributed by atoms with van der Waals surface area (Å²) in [6.07, 6.45) is 0.195. The van der Waals surface area contributed by atoms with Gasteiger partial charge in [-0.3, -0.25) is 9.59 Å². The third kappa shape index (κ3) is 5.37. The van der Waals surface area contributed by atoms with Gasteiger partial charge in [-0.2, -0.15) is 5.10 Å². The monoisotopic (exact) mass is 465 g/mol. The van der Waals surface area contributed by atoms with Crippen LogP contribution in [0.2, 0.25) is 5.02 Å². The summed E-state index contributed by atoms with van der Waals surface area (Å²) in [5, 5.41) is 8.07. The molecule has 0 spiro atoms. The van der Waals surface area contributed by atoms with Crippen LogP contribution >= 0.6 is 11.6 Å². The number of aromatic nitrogens is 2. The molecule has 2 heterocycles. The largest absolute Gasteiger partial charge is 0.368 e. The average Bonchev–Trinajstić information content (AvgIpc) is 3.11. The number of anilines is 1. The lowest BCUT2D eigenvalue weighted by Crippen LogP contribution is -2.51. The molecule has 0 atom stereocenters. The van der Waals surface area contributed by atoms with Gasteiger partial charge in [0.1, 0.15) is 0 Å². The predicted molar refractivity (Wildman–Crippen MR) is 130 cm³/mol. The number of carbonyl (C=O) groups is 2. The quantitative estimate of drug-likeness (QED) is 0.607. The van der Waals surface area contributed by atoms with E-state index >= 15 is 0 Å². The zero-order chi connectivity index (χ0) is 23.4. The summed E-state index contributed by atoms with van der Waals surface area (Å²) in [4.78, 5) is 29.2. The second kappa shape index (κ2) is 10.1. The number of nitrogens with one attached hydrogen (secondary N) is 1. The molecule has 7 nitrogen and oxygen atoms in total. The number of piperazine rings is 1. The molecule has 1 aliphatic heterocycles. The predicted octanol–water partition coefficient (Wildman–Crippen LogP) is 3.15. The second-order valence-corrected chi connectivity index (χ2v) is 8.63. The Labute approximate surface area is 198 Å².